The van der Waals surface area contributed by atoms with Crippen LogP contribution in [0.4, 0.5) is 5.69 Å². The highest BCUT2D eigenvalue weighted by Crippen LogP contribution is 2.22. The summed E-state index contributed by atoms with van der Waals surface area (Å²) in [4.78, 5) is 12.0. The van der Waals surface area contributed by atoms with E-state index in [9.17, 15) is 4.79 Å². The van der Waals surface area contributed by atoms with Gasteiger partial charge in [0.05, 0.1) is 0 Å². The number of benzene rings is 3. The lowest BCUT2D eigenvalue weighted by Gasteiger charge is -2.14. The molecule has 3 aromatic rings. The SMILES string of the molecule is Cc1ccc(NC(=S)NNC(=O)COc2ccc(-c3ccccc3)cc2)c(C)c1. The summed E-state index contributed by atoms with van der Waals surface area (Å²) >= 11 is 5.21. The Morgan fingerprint density at radius 3 is 2.28 bits per heavy atom. The van der Waals surface area contributed by atoms with Crippen LogP contribution in [0.1, 0.15) is 11.1 Å². The van der Waals surface area contributed by atoms with E-state index in [1.807, 2.05) is 80.6 Å². The number of amides is 1. The predicted molar refractivity (Wildman–Crippen MR) is 121 cm³/mol. The van der Waals surface area contributed by atoms with E-state index in [2.05, 4.69) is 22.2 Å². The summed E-state index contributed by atoms with van der Waals surface area (Å²) in [6.07, 6.45) is 0. The Bertz CT molecular complexity index is 989. The van der Waals surface area contributed by atoms with Crippen LogP contribution in [0.5, 0.6) is 5.75 Å². The second-order valence-corrected chi connectivity index (χ2v) is 7.03. The standard InChI is InChI=1S/C23H23N3O2S/c1-16-8-13-21(17(2)14-16)24-23(29)26-25-22(27)15-28-20-11-9-19(10-12-20)18-6-4-3-5-7-18/h3-14H,15H2,1-2H3,(H,25,27)(H2,24,26,29). The van der Waals surface area contributed by atoms with Gasteiger partial charge in [-0.3, -0.25) is 15.6 Å². The summed E-state index contributed by atoms with van der Waals surface area (Å²) in [6.45, 7) is 3.90. The quantitative estimate of drug-likeness (QED) is 0.435. The number of anilines is 1. The molecule has 0 fully saturated rings. The van der Waals surface area contributed by atoms with Crippen molar-refractivity contribution in [1.82, 2.24) is 10.9 Å². The molecule has 0 aliphatic heterocycles. The molecule has 3 N–H and O–H groups in total. The van der Waals surface area contributed by atoms with Gasteiger partial charge in [0.25, 0.3) is 5.91 Å². The number of nitrogens with one attached hydrogen (secondary N) is 3. The van der Waals surface area contributed by atoms with Crippen molar-refractivity contribution in [2.45, 2.75) is 13.8 Å². The molecule has 0 heterocycles. The number of hydrogen-bond donors (Lipinski definition) is 3. The van der Waals surface area contributed by atoms with Crippen LogP contribution < -0.4 is 20.9 Å². The van der Waals surface area contributed by atoms with Crippen molar-refractivity contribution >= 4 is 28.9 Å². The molecule has 1 amide bonds. The first-order chi connectivity index (χ1) is 14.0. The molecule has 0 radical (unpaired) electrons. The predicted octanol–water partition coefficient (Wildman–Crippen LogP) is 4.37. The van der Waals surface area contributed by atoms with Gasteiger partial charge in [0, 0.05) is 5.69 Å². The van der Waals surface area contributed by atoms with Crippen molar-refractivity contribution in [3.8, 4) is 16.9 Å². The van der Waals surface area contributed by atoms with Gasteiger partial charge in [0.1, 0.15) is 5.75 Å². The number of ether oxygens (including phenoxy) is 1. The molecular formula is C23H23N3O2S. The lowest BCUT2D eigenvalue weighted by atomic mass is 10.1. The molecule has 29 heavy (non-hydrogen) atoms. The van der Waals surface area contributed by atoms with Gasteiger partial charge >= 0.3 is 0 Å². The lowest BCUT2D eigenvalue weighted by molar-refractivity contribution is -0.123. The van der Waals surface area contributed by atoms with E-state index in [1.165, 1.54) is 5.56 Å². The maximum Gasteiger partial charge on any atom is 0.276 e. The molecule has 0 aromatic heterocycles. The summed E-state index contributed by atoms with van der Waals surface area (Å²) in [6, 6.07) is 23.7. The second-order valence-electron chi connectivity index (χ2n) is 6.62. The fourth-order valence-electron chi connectivity index (χ4n) is 2.79. The molecule has 0 atom stereocenters. The third-order valence-electron chi connectivity index (χ3n) is 4.28. The maximum atomic E-state index is 12.0. The summed E-state index contributed by atoms with van der Waals surface area (Å²) in [7, 11) is 0. The van der Waals surface area contributed by atoms with Crippen LogP contribution in [0, 0.1) is 13.8 Å². The highest BCUT2D eigenvalue weighted by molar-refractivity contribution is 7.80. The van der Waals surface area contributed by atoms with Crippen LogP contribution in [-0.2, 0) is 4.79 Å². The summed E-state index contributed by atoms with van der Waals surface area (Å²) < 4.78 is 5.53. The van der Waals surface area contributed by atoms with Crippen LogP contribution in [-0.4, -0.2) is 17.6 Å². The molecule has 0 saturated carbocycles. The van der Waals surface area contributed by atoms with Crippen molar-refractivity contribution < 1.29 is 9.53 Å². The zero-order valence-corrected chi connectivity index (χ0v) is 17.2. The molecule has 6 heteroatoms. The number of hydrazine groups is 1. The van der Waals surface area contributed by atoms with Crippen LogP contribution in [0.3, 0.4) is 0 Å². The highest BCUT2D eigenvalue weighted by atomic mass is 32.1. The lowest BCUT2D eigenvalue weighted by Crippen LogP contribution is -2.45. The van der Waals surface area contributed by atoms with E-state index >= 15 is 0 Å². The number of thiocarbonyl (C=S) groups is 1. The minimum absolute atomic E-state index is 0.121. The normalized spacial score (nSPS) is 10.1. The first-order valence-electron chi connectivity index (χ1n) is 9.22. The largest absolute Gasteiger partial charge is 0.484 e. The van der Waals surface area contributed by atoms with E-state index in [1.54, 1.807) is 0 Å². The number of rotatable bonds is 5. The third-order valence-corrected chi connectivity index (χ3v) is 4.48. The molecule has 3 aromatic carbocycles. The average Bonchev–Trinajstić information content (AvgIpc) is 2.74. The van der Waals surface area contributed by atoms with Gasteiger partial charge in [-0.1, -0.05) is 60.2 Å². The van der Waals surface area contributed by atoms with Crippen LogP contribution in [0.25, 0.3) is 11.1 Å². The summed E-state index contributed by atoms with van der Waals surface area (Å²) in [5.74, 6) is 0.290. The Morgan fingerprint density at radius 2 is 1.59 bits per heavy atom. The molecule has 0 unspecified atom stereocenters. The molecule has 0 spiro atoms. The Labute approximate surface area is 176 Å². The fourth-order valence-corrected chi connectivity index (χ4v) is 2.95. The van der Waals surface area contributed by atoms with Gasteiger partial charge in [-0.15, -0.1) is 0 Å². The Balaban J connectivity index is 1.43. The molecule has 0 aliphatic carbocycles. The van der Waals surface area contributed by atoms with Crippen molar-refractivity contribution in [2.75, 3.05) is 11.9 Å². The zero-order chi connectivity index (χ0) is 20.6. The first-order valence-corrected chi connectivity index (χ1v) is 9.63. The van der Waals surface area contributed by atoms with Crippen LogP contribution in [0.15, 0.2) is 72.8 Å². The number of carbonyl (C=O) groups excluding carboxylic acids is 1. The summed E-state index contributed by atoms with van der Waals surface area (Å²) in [5.41, 5.74) is 10.6. The summed E-state index contributed by atoms with van der Waals surface area (Å²) in [5, 5.41) is 3.36. The Kier molecular flexibility index (Phi) is 6.81. The van der Waals surface area contributed by atoms with Gasteiger partial charge in [0.15, 0.2) is 11.7 Å². The molecule has 0 bridgehead atoms. The smallest absolute Gasteiger partial charge is 0.276 e. The highest BCUT2D eigenvalue weighted by Gasteiger charge is 2.06. The third kappa shape index (κ3) is 6.05. The minimum Gasteiger partial charge on any atom is -0.484 e. The van der Waals surface area contributed by atoms with Crippen molar-refractivity contribution in [1.29, 1.82) is 0 Å². The Hall–Kier alpha value is -3.38. The van der Waals surface area contributed by atoms with E-state index < -0.39 is 0 Å². The van der Waals surface area contributed by atoms with Gasteiger partial charge in [-0.2, -0.15) is 0 Å². The van der Waals surface area contributed by atoms with E-state index in [-0.39, 0.29) is 12.5 Å². The van der Waals surface area contributed by atoms with E-state index in [4.69, 9.17) is 17.0 Å². The molecular weight excluding hydrogens is 382 g/mol. The molecule has 0 aliphatic rings. The maximum absolute atomic E-state index is 12.0. The first kappa shape index (κ1) is 20.4. The molecule has 5 nitrogen and oxygen atoms in total. The van der Waals surface area contributed by atoms with Crippen molar-refractivity contribution in [3.05, 3.63) is 83.9 Å². The Morgan fingerprint density at radius 1 is 0.897 bits per heavy atom. The van der Waals surface area contributed by atoms with E-state index in [0.29, 0.717) is 10.9 Å². The average molecular weight is 406 g/mol. The molecule has 148 valence electrons. The molecule has 3 rings (SSSR count). The van der Waals surface area contributed by atoms with Gasteiger partial charge in [-0.25, -0.2) is 0 Å². The topological polar surface area (TPSA) is 62.4 Å². The van der Waals surface area contributed by atoms with Crippen LogP contribution >= 0.6 is 12.2 Å². The monoisotopic (exact) mass is 405 g/mol. The number of hydrogen-bond acceptors (Lipinski definition) is 3. The van der Waals surface area contributed by atoms with Crippen molar-refractivity contribution in [3.63, 3.8) is 0 Å². The van der Waals surface area contributed by atoms with Gasteiger partial charge < -0.3 is 10.1 Å². The molecule has 0 saturated heterocycles. The van der Waals surface area contributed by atoms with Gasteiger partial charge in [0.2, 0.25) is 0 Å². The van der Waals surface area contributed by atoms with E-state index in [0.717, 1.165) is 22.4 Å². The minimum atomic E-state index is -0.332. The van der Waals surface area contributed by atoms with Crippen LogP contribution in [0.2, 0.25) is 0 Å². The number of aryl methyl sites for hydroxylation is 2. The van der Waals surface area contributed by atoms with Crippen molar-refractivity contribution in [2.24, 2.45) is 0 Å². The van der Waals surface area contributed by atoms with Gasteiger partial charge in [-0.05, 0) is 61.0 Å². The fraction of sp³-hybridized carbons (Fsp3) is 0.130. The second kappa shape index (κ2) is 9.71. The number of carbonyl (C=O) groups is 1. The zero-order valence-electron chi connectivity index (χ0n) is 16.4.